The number of ether oxygens (including phenoxy) is 5. The highest BCUT2D eigenvalue weighted by atomic mass is 32.2. The van der Waals surface area contributed by atoms with E-state index >= 15 is 0 Å². The minimum atomic E-state index is -4.95. The summed E-state index contributed by atoms with van der Waals surface area (Å²) < 4.78 is 81.1. The molecule has 0 saturated carbocycles. The molecular weight excluding hydrogens is 673 g/mol. The van der Waals surface area contributed by atoms with E-state index < -0.39 is 39.6 Å². The number of morpholine rings is 1. The molecule has 0 aliphatic carbocycles. The Bertz CT molecular complexity index is 1940. The van der Waals surface area contributed by atoms with Crippen LogP contribution >= 0.6 is 0 Å². The van der Waals surface area contributed by atoms with Crippen molar-refractivity contribution < 1.29 is 45.8 Å². The Labute approximate surface area is 289 Å². The maximum atomic E-state index is 14.9. The van der Waals surface area contributed by atoms with Crippen molar-refractivity contribution >= 4 is 38.8 Å². The minimum Gasteiger partial charge on any atom is -0.497 e. The van der Waals surface area contributed by atoms with Crippen LogP contribution in [-0.2, 0) is 24.5 Å². The fourth-order valence-corrected chi connectivity index (χ4v) is 6.60. The van der Waals surface area contributed by atoms with E-state index in [1.54, 1.807) is 34.0 Å². The van der Waals surface area contributed by atoms with Gasteiger partial charge in [0.1, 0.15) is 35.6 Å². The molecule has 50 heavy (non-hydrogen) atoms. The number of anilines is 2. The van der Waals surface area contributed by atoms with Crippen molar-refractivity contribution in [3.8, 4) is 22.8 Å². The summed E-state index contributed by atoms with van der Waals surface area (Å²) in [6, 6.07) is 11.4. The lowest BCUT2D eigenvalue weighted by Gasteiger charge is -2.34. The first kappa shape index (κ1) is 35.3. The van der Waals surface area contributed by atoms with Crippen molar-refractivity contribution in [2.24, 2.45) is 0 Å². The Morgan fingerprint density at radius 3 is 2.56 bits per heavy atom. The first-order valence-corrected chi connectivity index (χ1v) is 17.6. The summed E-state index contributed by atoms with van der Waals surface area (Å²) >= 11 is 0. The van der Waals surface area contributed by atoms with Gasteiger partial charge in [0.15, 0.2) is 11.9 Å². The first-order chi connectivity index (χ1) is 23.8. The van der Waals surface area contributed by atoms with Crippen LogP contribution in [0.5, 0.6) is 11.5 Å². The molecule has 2 aromatic carbocycles. The standard InChI is InChI=1S/C34H40FN5O9S/c1-34(2,3)49-33(41)38-14-16-46-25(20-38)21-48-30-18-28(37-32-26(30)19-36-39(32)31-7-5-6-15-47-31)22-8-10-23(11-9-22)40(50(42,43)44)29-17-24(45-4)12-13-27(29)35/h8-13,17-19,25,31H,5-7,14-16,20-21H2,1-4H3,(H,42,43,44). The summed E-state index contributed by atoms with van der Waals surface area (Å²) in [5.41, 5.74) is 0.502. The summed E-state index contributed by atoms with van der Waals surface area (Å²) in [5.74, 6) is -0.214. The molecule has 2 atom stereocenters. The van der Waals surface area contributed by atoms with E-state index in [0.29, 0.717) is 52.1 Å². The maximum Gasteiger partial charge on any atom is 0.410 e. The van der Waals surface area contributed by atoms with Crippen LogP contribution in [0.4, 0.5) is 20.6 Å². The van der Waals surface area contributed by atoms with Gasteiger partial charge in [-0.15, -0.1) is 0 Å². The molecule has 2 saturated heterocycles. The molecule has 6 rings (SSSR count). The van der Waals surface area contributed by atoms with E-state index in [0.717, 1.165) is 25.3 Å². The zero-order valence-corrected chi connectivity index (χ0v) is 29.1. The van der Waals surface area contributed by atoms with Crippen molar-refractivity contribution in [3.63, 3.8) is 0 Å². The van der Waals surface area contributed by atoms with Gasteiger partial charge in [0.2, 0.25) is 0 Å². The lowest BCUT2D eigenvalue weighted by molar-refractivity contribution is -0.0555. The summed E-state index contributed by atoms with van der Waals surface area (Å²) in [7, 11) is -3.59. The number of carbonyl (C=O) groups is 1. The van der Waals surface area contributed by atoms with Crippen LogP contribution in [-0.4, -0.2) is 90.5 Å². The third-order valence-corrected chi connectivity index (χ3v) is 9.04. The molecule has 2 aromatic heterocycles. The normalized spacial score (nSPS) is 18.6. The van der Waals surface area contributed by atoms with Gasteiger partial charge in [0.25, 0.3) is 0 Å². The predicted molar refractivity (Wildman–Crippen MR) is 181 cm³/mol. The Morgan fingerprint density at radius 1 is 1.10 bits per heavy atom. The fraction of sp³-hybridized carbons (Fsp3) is 0.441. The molecule has 14 nitrogen and oxygen atoms in total. The van der Waals surface area contributed by atoms with E-state index in [9.17, 15) is 22.2 Å². The van der Waals surface area contributed by atoms with Crippen LogP contribution < -0.4 is 13.8 Å². The number of fused-ring (bicyclic) bond motifs is 1. The minimum absolute atomic E-state index is 0.0226. The van der Waals surface area contributed by atoms with Gasteiger partial charge in [0.05, 0.1) is 48.9 Å². The molecule has 0 spiro atoms. The van der Waals surface area contributed by atoms with Crippen LogP contribution in [0.25, 0.3) is 22.3 Å². The monoisotopic (exact) mass is 713 g/mol. The molecule has 2 unspecified atom stereocenters. The van der Waals surface area contributed by atoms with Gasteiger partial charge < -0.3 is 28.6 Å². The van der Waals surface area contributed by atoms with Crippen LogP contribution in [0.1, 0.15) is 46.3 Å². The summed E-state index contributed by atoms with van der Waals surface area (Å²) in [5, 5.41) is 5.24. The first-order valence-electron chi connectivity index (χ1n) is 16.2. The topological polar surface area (TPSA) is 155 Å². The smallest absolute Gasteiger partial charge is 0.410 e. The van der Waals surface area contributed by atoms with Crippen molar-refractivity contribution in [1.29, 1.82) is 0 Å². The maximum absolute atomic E-state index is 14.9. The second kappa shape index (κ2) is 14.4. The van der Waals surface area contributed by atoms with Crippen molar-refractivity contribution in [2.45, 2.75) is 58.0 Å². The zero-order chi connectivity index (χ0) is 35.6. The molecule has 4 aromatic rings. The highest BCUT2D eigenvalue weighted by Crippen LogP contribution is 2.37. The van der Waals surface area contributed by atoms with Gasteiger partial charge in [-0.2, -0.15) is 13.5 Å². The van der Waals surface area contributed by atoms with Gasteiger partial charge in [-0.25, -0.2) is 23.2 Å². The highest BCUT2D eigenvalue weighted by molar-refractivity contribution is 7.87. The van der Waals surface area contributed by atoms with Crippen molar-refractivity contribution in [2.75, 3.05) is 44.3 Å². The number of methoxy groups -OCH3 is 1. The van der Waals surface area contributed by atoms with Crippen LogP contribution in [0.15, 0.2) is 54.7 Å². The Balaban J connectivity index is 1.32. The summed E-state index contributed by atoms with van der Waals surface area (Å²) in [6.45, 7) is 7.18. The van der Waals surface area contributed by atoms with Gasteiger partial charge >= 0.3 is 16.4 Å². The molecule has 2 fully saturated rings. The fourth-order valence-electron chi connectivity index (χ4n) is 5.82. The lowest BCUT2D eigenvalue weighted by atomic mass is 10.1. The van der Waals surface area contributed by atoms with Gasteiger partial charge in [0, 0.05) is 30.8 Å². The molecule has 0 radical (unpaired) electrons. The number of nitrogens with zero attached hydrogens (tertiary/aromatic N) is 5. The Kier molecular flexibility index (Phi) is 10.2. The van der Waals surface area contributed by atoms with E-state index in [1.807, 2.05) is 20.8 Å². The Hall–Kier alpha value is -4.51. The third kappa shape index (κ3) is 7.93. The number of carbonyl (C=O) groups excluding carboxylic acids is 1. The average Bonchev–Trinajstić information content (AvgIpc) is 3.52. The number of aromatic nitrogens is 3. The molecule has 16 heteroatoms. The van der Waals surface area contributed by atoms with Crippen molar-refractivity contribution in [1.82, 2.24) is 19.7 Å². The highest BCUT2D eigenvalue weighted by Gasteiger charge is 2.30. The molecule has 268 valence electrons. The molecule has 2 aliphatic rings. The van der Waals surface area contributed by atoms with E-state index in [-0.39, 0.29) is 30.8 Å². The zero-order valence-electron chi connectivity index (χ0n) is 28.2. The van der Waals surface area contributed by atoms with Crippen LogP contribution in [0.3, 0.4) is 0 Å². The number of amides is 1. The second-order valence-corrected chi connectivity index (χ2v) is 14.3. The number of benzene rings is 2. The quantitative estimate of drug-likeness (QED) is 0.206. The Morgan fingerprint density at radius 2 is 1.88 bits per heavy atom. The molecule has 4 heterocycles. The molecule has 0 bridgehead atoms. The largest absolute Gasteiger partial charge is 0.497 e. The van der Waals surface area contributed by atoms with Gasteiger partial charge in [-0.3, -0.25) is 4.55 Å². The molecule has 1 N–H and O–H groups in total. The number of pyridine rings is 1. The van der Waals surface area contributed by atoms with Gasteiger partial charge in [-0.1, -0.05) is 12.1 Å². The number of hydrogen-bond donors (Lipinski definition) is 1. The van der Waals surface area contributed by atoms with E-state index in [2.05, 4.69) is 5.10 Å². The number of rotatable bonds is 9. The summed E-state index contributed by atoms with van der Waals surface area (Å²) in [6.07, 6.45) is 3.20. The third-order valence-electron chi connectivity index (χ3n) is 8.17. The summed E-state index contributed by atoms with van der Waals surface area (Å²) in [4.78, 5) is 19.2. The molecular formula is C34H40FN5O9S. The SMILES string of the molecule is COc1ccc(F)c(N(c2ccc(-c3cc(OCC4CN(C(=O)OC(C)(C)C)CCO4)c4cnn(C5CCCCO5)c4n3)cc2)S(=O)(=O)O)c1. The second-order valence-electron chi connectivity index (χ2n) is 13.0. The number of halogens is 1. The lowest BCUT2D eigenvalue weighted by Crippen LogP contribution is -2.49. The predicted octanol–water partition coefficient (Wildman–Crippen LogP) is 5.90. The van der Waals surface area contributed by atoms with Crippen molar-refractivity contribution in [3.05, 3.63) is 60.5 Å². The van der Waals surface area contributed by atoms with Crippen LogP contribution in [0, 0.1) is 5.82 Å². The van der Waals surface area contributed by atoms with Gasteiger partial charge in [-0.05, 0) is 64.3 Å². The molecule has 2 aliphatic heterocycles. The van der Waals surface area contributed by atoms with E-state index in [4.69, 9.17) is 28.7 Å². The van der Waals surface area contributed by atoms with E-state index in [1.165, 1.54) is 31.4 Å². The van der Waals surface area contributed by atoms with Crippen LogP contribution in [0.2, 0.25) is 0 Å². The average molecular weight is 714 g/mol. The number of hydrogen-bond acceptors (Lipinski definition) is 10. The molecule has 1 amide bonds.